The summed E-state index contributed by atoms with van der Waals surface area (Å²) in [6, 6.07) is 4.96. The van der Waals surface area contributed by atoms with Crippen molar-refractivity contribution in [2.75, 3.05) is 0 Å². The lowest BCUT2D eigenvalue weighted by atomic mass is 10.0. The number of benzene rings is 1. The van der Waals surface area contributed by atoms with Gasteiger partial charge in [0.1, 0.15) is 11.6 Å². The number of carbonyl (C=O) groups excluding carboxylic acids is 1. The van der Waals surface area contributed by atoms with Crippen LogP contribution in [0.2, 0.25) is 0 Å². The molecular formula is C12H14BrFO. The molecule has 0 spiro atoms. The first-order valence-corrected chi connectivity index (χ1v) is 5.88. The van der Waals surface area contributed by atoms with Crippen LogP contribution in [0.1, 0.15) is 24.5 Å². The quantitative estimate of drug-likeness (QED) is 0.768. The first-order chi connectivity index (χ1) is 7.06. The second-order valence-corrected chi connectivity index (χ2v) is 4.63. The van der Waals surface area contributed by atoms with E-state index in [1.165, 1.54) is 6.07 Å². The summed E-state index contributed by atoms with van der Waals surface area (Å²) in [7, 11) is 0. The van der Waals surface area contributed by atoms with E-state index in [-0.39, 0.29) is 16.4 Å². The summed E-state index contributed by atoms with van der Waals surface area (Å²) in [5.74, 6) is -0.124. The normalized spacial score (nSPS) is 12.5. The van der Waals surface area contributed by atoms with E-state index >= 15 is 0 Å². The molecule has 0 radical (unpaired) electrons. The van der Waals surface area contributed by atoms with Crippen LogP contribution in [-0.2, 0) is 11.2 Å². The largest absolute Gasteiger partial charge is 0.298 e. The average molecular weight is 273 g/mol. The molecule has 15 heavy (non-hydrogen) atoms. The lowest BCUT2D eigenvalue weighted by molar-refractivity contribution is -0.118. The predicted molar refractivity (Wildman–Crippen MR) is 62.9 cm³/mol. The zero-order chi connectivity index (χ0) is 11.4. The fourth-order valence-corrected chi connectivity index (χ4v) is 2.09. The molecule has 0 N–H and O–H groups in total. The number of carbonyl (C=O) groups is 1. The van der Waals surface area contributed by atoms with Gasteiger partial charge in [-0.3, -0.25) is 4.79 Å². The lowest BCUT2D eigenvalue weighted by Crippen LogP contribution is -2.16. The maximum atomic E-state index is 13.4. The molecule has 0 aliphatic rings. The summed E-state index contributed by atoms with van der Waals surface area (Å²) >= 11 is 3.29. The molecule has 82 valence electrons. The molecule has 1 nitrogen and oxygen atoms in total. The maximum Gasteiger partial charge on any atom is 0.146 e. The van der Waals surface area contributed by atoms with Crippen LogP contribution in [0.3, 0.4) is 0 Å². The molecule has 0 saturated carbocycles. The summed E-state index contributed by atoms with van der Waals surface area (Å²) in [5, 5.41) is 0. The Morgan fingerprint density at radius 1 is 1.53 bits per heavy atom. The van der Waals surface area contributed by atoms with Crippen LogP contribution in [0, 0.1) is 12.7 Å². The van der Waals surface area contributed by atoms with Crippen LogP contribution >= 0.6 is 15.9 Å². The van der Waals surface area contributed by atoms with Gasteiger partial charge in [-0.15, -0.1) is 0 Å². The van der Waals surface area contributed by atoms with Crippen LogP contribution in [0.4, 0.5) is 4.39 Å². The van der Waals surface area contributed by atoms with E-state index in [1.54, 1.807) is 6.07 Å². The highest BCUT2D eigenvalue weighted by Gasteiger charge is 2.16. The Balaban J connectivity index is 2.85. The number of alkyl halides is 1. The van der Waals surface area contributed by atoms with Gasteiger partial charge >= 0.3 is 0 Å². The summed E-state index contributed by atoms with van der Waals surface area (Å²) < 4.78 is 13.4. The van der Waals surface area contributed by atoms with E-state index < -0.39 is 0 Å². The smallest absolute Gasteiger partial charge is 0.146 e. The van der Waals surface area contributed by atoms with Gasteiger partial charge in [0.05, 0.1) is 4.83 Å². The van der Waals surface area contributed by atoms with Crippen molar-refractivity contribution in [1.82, 2.24) is 0 Å². The molecule has 0 aliphatic heterocycles. The number of Topliss-reactive ketones (excluding diaryl/α,β-unsaturated/α-hetero) is 1. The first kappa shape index (κ1) is 12.4. The molecule has 0 heterocycles. The van der Waals surface area contributed by atoms with Crippen molar-refractivity contribution in [1.29, 1.82) is 0 Å². The van der Waals surface area contributed by atoms with Crippen molar-refractivity contribution in [2.45, 2.75) is 31.5 Å². The van der Waals surface area contributed by atoms with Crippen molar-refractivity contribution >= 4 is 21.7 Å². The van der Waals surface area contributed by atoms with E-state index in [0.717, 1.165) is 5.56 Å². The van der Waals surface area contributed by atoms with Gasteiger partial charge in [-0.1, -0.05) is 35.0 Å². The van der Waals surface area contributed by atoms with E-state index in [9.17, 15) is 9.18 Å². The Bertz CT molecular complexity index is 342. The fourth-order valence-electron chi connectivity index (χ4n) is 1.44. The number of rotatable bonds is 4. The highest BCUT2D eigenvalue weighted by molar-refractivity contribution is 9.10. The Morgan fingerprint density at radius 3 is 2.73 bits per heavy atom. The van der Waals surface area contributed by atoms with Crippen LogP contribution in [0.15, 0.2) is 18.2 Å². The molecule has 0 saturated heterocycles. The van der Waals surface area contributed by atoms with Gasteiger partial charge in [-0.05, 0) is 30.5 Å². The Labute approximate surface area is 97.8 Å². The number of aryl methyl sites for hydroxylation is 1. The monoisotopic (exact) mass is 272 g/mol. The van der Waals surface area contributed by atoms with Crippen LogP contribution in [0.5, 0.6) is 0 Å². The fraction of sp³-hybridized carbons (Fsp3) is 0.417. The standard InChI is InChI=1S/C12H14BrFO/c1-3-12(15)10(13)7-9-8(2)5-4-6-11(9)14/h4-6,10H,3,7H2,1-2H3. The number of halogens is 2. The molecule has 0 fully saturated rings. The minimum Gasteiger partial charge on any atom is -0.298 e. The third-order valence-corrected chi connectivity index (χ3v) is 3.27. The van der Waals surface area contributed by atoms with Gasteiger partial charge in [0.2, 0.25) is 0 Å². The Kier molecular flexibility index (Phi) is 4.45. The van der Waals surface area contributed by atoms with Gasteiger partial charge in [-0.2, -0.15) is 0 Å². The highest BCUT2D eigenvalue weighted by Crippen LogP contribution is 2.18. The topological polar surface area (TPSA) is 17.1 Å². The van der Waals surface area contributed by atoms with Crippen LogP contribution in [-0.4, -0.2) is 10.6 Å². The third-order valence-electron chi connectivity index (χ3n) is 2.43. The van der Waals surface area contributed by atoms with Crippen LogP contribution in [0.25, 0.3) is 0 Å². The summed E-state index contributed by atoms with van der Waals surface area (Å²) in [5.41, 5.74) is 1.52. The molecular weight excluding hydrogens is 259 g/mol. The molecule has 3 heteroatoms. The number of ketones is 1. The first-order valence-electron chi connectivity index (χ1n) is 4.97. The molecule has 0 aromatic heterocycles. The maximum absolute atomic E-state index is 13.4. The zero-order valence-electron chi connectivity index (χ0n) is 8.89. The molecule has 1 aromatic rings. The van der Waals surface area contributed by atoms with Crippen molar-refractivity contribution in [3.8, 4) is 0 Å². The minimum absolute atomic E-state index is 0.109. The van der Waals surface area contributed by atoms with Crippen molar-refractivity contribution in [2.24, 2.45) is 0 Å². The molecule has 1 aromatic carbocycles. The van der Waals surface area contributed by atoms with Crippen molar-refractivity contribution in [3.05, 3.63) is 35.1 Å². The molecule has 0 amide bonds. The van der Waals surface area contributed by atoms with Gasteiger partial charge in [0, 0.05) is 6.42 Å². The molecule has 0 aliphatic carbocycles. The molecule has 0 bridgehead atoms. The third kappa shape index (κ3) is 3.13. The number of hydrogen-bond donors (Lipinski definition) is 0. The average Bonchev–Trinajstić information content (AvgIpc) is 2.22. The molecule has 1 atom stereocenters. The van der Waals surface area contributed by atoms with Crippen molar-refractivity contribution < 1.29 is 9.18 Å². The predicted octanol–water partition coefficient (Wildman–Crippen LogP) is 3.42. The minimum atomic E-state index is -0.280. The van der Waals surface area contributed by atoms with E-state index in [1.807, 2.05) is 19.9 Å². The SMILES string of the molecule is CCC(=O)C(Br)Cc1c(C)cccc1F. The van der Waals surface area contributed by atoms with E-state index in [0.29, 0.717) is 18.4 Å². The summed E-state index contributed by atoms with van der Waals surface area (Å²) in [6.07, 6.45) is 0.897. The van der Waals surface area contributed by atoms with Crippen LogP contribution < -0.4 is 0 Å². The Morgan fingerprint density at radius 2 is 2.20 bits per heavy atom. The van der Waals surface area contributed by atoms with Crippen molar-refractivity contribution in [3.63, 3.8) is 0 Å². The Hall–Kier alpha value is -0.700. The van der Waals surface area contributed by atoms with Gasteiger partial charge in [0.25, 0.3) is 0 Å². The second kappa shape index (κ2) is 5.40. The zero-order valence-corrected chi connectivity index (χ0v) is 10.5. The van der Waals surface area contributed by atoms with Gasteiger partial charge < -0.3 is 0 Å². The summed E-state index contributed by atoms with van der Waals surface area (Å²) in [6.45, 7) is 3.67. The van der Waals surface area contributed by atoms with Gasteiger partial charge in [-0.25, -0.2) is 4.39 Å². The molecule has 1 rings (SSSR count). The highest BCUT2D eigenvalue weighted by atomic mass is 79.9. The summed E-state index contributed by atoms with van der Waals surface area (Å²) in [4.78, 5) is 11.1. The lowest BCUT2D eigenvalue weighted by Gasteiger charge is -2.10. The van der Waals surface area contributed by atoms with E-state index in [4.69, 9.17) is 0 Å². The van der Waals surface area contributed by atoms with Gasteiger partial charge in [0.15, 0.2) is 0 Å². The van der Waals surface area contributed by atoms with E-state index in [2.05, 4.69) is 15.9 Å². The number of hydrogen-bond acceptors (Lipinski definition) is 1. The second-order valence-electron chi connectivity index (χ2n) is 3.53. The molecule has 1 unspecified atom stereocenters.